The molecule has 1 aromatic heterocycles. The van der Waals surface area contributed by atoms with Gasteiger partial charge in [-0.2, -0.15) is 13.2 Å². The largest absolute Gasteiger partial charge is 0.457 e. The van der Waals surface area contributed by atoms with Gasteiger partial charge in [-0.15, -0.1) is 0 Å². The first-order valence-corrected chi connectivity index (χ1v) is 11.1. The number of alkyl halides is 3. The number of aromatic amines is 1. The van der Waals surface area contributed by atoms with Crippen LogP contribution in [0.3, 0.4) is 0 Å². The number of nitrogens with zero attached hydrogens (tertiary/aromatic N) is 1. The van der Waals surface area contributed by atoms with Crippen LogP contribution >= 0.6 is 0 Å². The van der Waals surface area contributed by atoms with Crippen molar-refractivity contribution >= 4 is 5.91 Å². The van der Waals surface area contributed by atoms with Gasteiger partial charge in [0.25, 0.3) is 11.5 Å². The quantitative estimate of drug-likeness (QED) is 0.548. The lowest BCUT2D eigenvalue weighted by molar-refractivity contribution is -0.142. The van der Waals surface area contributed by atoms with Crippen molar-refractivity contribution in [1.82, 2.24) is 15.2 Å². The summed E-state index contributed by atoms with van der Waals surface area (Å²) in [5.41, 5.74) is 0.521. The number of rotatable bonds is 5. The Morgan fingerprint density at radius 2 is 1.86 bits per heavy atom. The fraction of sp³-hybridized carbons (Fsp3) is 0.308. The van der Waals surface area contributed by atoms with Crippen LogP contribution in [0.2, 0.25) is 0 Å². The van der Waals surface area contributed by atoms with Crippen molar-refractivity contribution in [2.45, 2.75) is 32.5 Å². The molecule has 1 aliphatic heterocycles. The Hall–Kier alpha value is -3.59. The van der Waals surface area contributed by atoms with Crippen LogP contribution in [0.15, 0.2) is 47.3 Å². The zero-order valence-corrected chi connectivity index (χ0v) is 19.8. The molecule has 35 heavy (non-hydrogen) atoms. The first-order chi connectivity index (χ1) is 16.5. The lowest BCUT2D eigenvalue weighted by atomic mass is 9.90. The van der Waals surface area contributed by atoms with Gasteiger partial charge in [0.15, 0.2) is 0 Å². The highest BCUT2D eigenvalue weighted by molar-refractivity contribution is 5.94. The zero-order chi connectivity index (χ0) is 25.5. The number of hydrogen-bond donors (Lipinski definition) is 2. The number of nitrogens with one attached hydrogen (secondary N) is 2. The maximum absolute atomic E-state index is 13.6. The predicted molar refractivity (Wildman–Crippen MR) is 126 cm³/mol. The fourth-order valence-corrected chi connectivity index (χ4v) is 4.25. The van der Waals surface area contributed by atoms with Gasteiger partial charge in [-0.05, 0) is 69.3 Å². The number of likely N-dealkylation sites (N-methyl/N-ethyl adjacent to an activating group) is 1. The minimum Gasteiger partial charge on any atom is -0.457 e. The molecule has 0 aliphatic carbocycles. The summed E-state index contributed by atoms with van der Waals surface area (Å²) in [7, 11) is 3.47. The monoisotopic (exact) mass is 485 g/mol. The number of aromatic nitrogens is 1. The molecule has 1 unspecified atom stereocenters. The molecule has 2 aromatic carbocycles. The van der Waals surface area contributed by atoms with Gasteiger partial charge >= 0.3 is 6.18 Å². The molecule has 0 saturated carbocycles. The van der Waals surface area contributed by atoms with E-state index in [0.717, 1.165) is 22.8 Å². The number of halogens is 3. The van der Waals surface area contributed by atoms with Crippen molar-refractivity contribution in [2.24, 2.45) is 0 Å². The average Bonchev–Trinajstić information content (AvgIpc) is 2.76. The Kier molecular flexibility index (Phi) is 6.46. The minimum absolute atomic E-state index is 0.0141. The minimum atomic E-state index is -4.75. The maximum Gasteiger partial charge on any atom is 0.431 e. The fourth-order valence-electron chi connectivity index (χ4n) is 4.25. The van der Waals surface area contributed by atoms with E-state index in [-0.39, 0.29) is 17.5 Å². The number of ether oxygens (including phenoxy) is 1. The van der Waals surface area contributed by atoms with Crippen molar-refractivity contribution in [3.63, 3.8) is 0 Å². The van der Waals surface area contributed by atoms with Crippen molar-refractivity contribution < 1.29 is 22.7 Å². The highest BCUT2D eigenvalue weighted by Crippen LogP contribution is 2.44. The van der Waals surface area contributed by atoms with Crippen LogP contribution in [-0.2, 0) is 12.6 Å². The molecule has 1 atom stereocenters. The van der Waals surface area contributed by atoms with Crippen LogP contribution < -0.4 is 15.6 Å². The summed E-state index contributed by atoms with van der Waals surface area (Å²) in [6.45, 7) is 4.11. The smallest absolute Gasteiger partial charge is 0.431 e. The lowest BCUT2D eigenvalue weighted by Crippen LogP contribution is -2.36. The van der Waals surface area contributed by atoms with Crippen LogP contribution in [0.25, 0.3) is 0 Å². The second-order valence-electron chi connectivity index (χ2n) is 9.00. The number of carbonyl (C=O) groups excluding carboxylic acids is 1. The van der Waals surface area contributed by atoms with Crippen molar-refractivity contribution in [1.29, 1.82) is 0 Å². The summed E-state index contributed by atoms with van der Waals surface area (Å²) in [6, 6.07) is 11.5. The predicted octanol–water partition coefficient (Wildman–Crippen LogP) is 4.74. The van der Waals surface area contributed by atoms with Crippen molar-refractivity contribution in [3.8, 4) is 11.5 Å². The number of aryl methyl sites for hydroxylation is 2. The van der Waals surface area contributed by atoms with Gasteiger partial charge in [-0.3, -0.25) is 9.59 Å². The topological polar surface area (TPSA) is 74.4 Å². The molecule has 0 bridgehead atoms. The maximum atomic E-state index is 13.6. The molecule has 0 spiro atoms. The highest BCUT2D eigenvalue weighted by Gasteiger charge is 2.36. The van der Waals surface area contributed by atoms with E-state index < -0.39 is 29.4 Å². The average molecular weight is 486 g/mol. The first kappa shape index (κ1) is 24.5. The van der Waals surface area contributed by atoms with E-state index >= 15 is 0 Å². The van der Waals surface area contributed by atoms with Crippen molar-refractivity contribution in [3.05, 3.63) is 91.9 Å². The lowest BCUT2D eigenvalue weighted by Gasteiger charge is -2.30. The van der Waals surface area contributed by atoms with Crippen LogP contribution in [0.1, 0.15) is 49.9 Å². The summed E-state index contributed by atoms with van der Waals surface area (Å²) >= 11 is 0. The van der Waals surface area contributed by atoms with Gasteiger partial charge in [-0.25, -0.2) is 0 Å². The van der Waals surface area contributed by atoms with E-state index in [2.05, 4.69) is 5.32 Å². The molecular formula is C26H26F3N3O3. The molecule has 1 amide bonds. The summed E-state index contributed by atoms with van der Waals surface area (Å²) in [5.74, 6) is 0.376. The van der Waals surface area contributed by atoms with Gasteiger partial charge in [0.1, 0.15) is 22.8 Å². The SMILES string of the molecule is Cc1ccc2c(c1)Oc1cccc(C)c1C2NC(=O)c1cc(CCN(C)C)c(C(F)(F)F)[nH]c1=O. The summed E-state index contributed by atoms with van der Waals surface area (Å²) < 4.78 is 46.8. The van der Waals surface area contributed by atoms with Crippen LogP contribution in [-0.4, -0.2) is 36.4 Å². The molecule has 0 radical (unpaired) electrons. The Morgan fingerprint density at radius 3 is 2.54 bits per heavy atom. The molecular weight excluding hydrogens is 459 g/mol. The van der Waals surface area contributed by atoms with Crippen molar-refractivity contribution in [2.75, 3.05) is 20.6 Å². The Balaban J connectivity index is 1.76. The van der Waals surface area contributed by atoms with E-state index in [4.69, 9.17) is 4.74 Å². The Labute approximate surface area is 200 Å². The zero-order valence-electron chi connectivity index (χ0n) is 19.8. The van der Waals surface area contributed by atoms with Gasteiger partial charge < -0.3 is 19.9 Å². The standard InChI is InChI=1S/C26H26F3N3O3/c1-14-8-9-17-20(12-14)35-19-7-5-6-15(2)21(19)22(17)30-24(33)18-13-16(10-11-32(3)4)23(26(27,28)29)31-25(18)34/h5-9,12-13,22H,10-11H2,1-4H3,(H,30,33)(H,31,34). The third-order valence-electron chi connectivity index (χ3n) is 6.03. The van der Waals surface area contributed by atoms with Gasteiger partial charge in [0.2, 0.25) is 0 Å². The van der Waals surface area contributed by atoms with E-state index in [1.54, 1.807) is 25.1 Å². The molecule has 4 rings (SSSR count). The summed E-state index contributed by atoms with van der Waals surface area (Å²) in [5, 5.41) is 2.87. The molecule has 0 fully saturated rings. The number of amides is 1. The molecule has 2 heterocycles. The van der Waals surface area contributed by atoms with E-state index in [9.17, 15) is 22.8 Å². The molecule has 9 heteroatoms. The molecule has 1 aliphatic rings. The van der Waals surface area contributed by atoms with Crippen LogP contribution in [0, 0.1) is 13.8 Å². The summed E-state index contributed by atoms with van der Waals surface area (Å²) in [4.78, 5) is 29.6. The number of hydrogen-bond acceptors (Lipinski definition) is 4. The normalized spacial score (nSPS) is 14.8. The summed E-state index contributed by atoms with van der Waals surface area (Å²) in [6.07, 6.45) is -4.73. The number of H-pyrrole nitrogens is 1. The van der Waals surface area contributed by atoms with Crippen LogP contribution in [0.4, 0.5) is 13.2 Å². The third-order valence-corrected chi connectivity index (χ3v) is 6.03. The van der Waals surface area contributed by atoms with E-state index in [0.29, 0.717) is 23.6 Å². The second-order valence-corrected chi connectivity index (χ2v) is 9.00. The second kappa shape index (κ2) is 9.22. The molecule has 6 nitrogen and oxygen atoms in total. The number of carbonyl (C=O) groups is 1. The van der Waals surface area contributed by atoms with Gasteiger partial charge in [-0.1, -0.05) is 24.3 Å². The van der Waals surface area contributed by atoms with Gasteiger partial charge in [0, 0.05) is 17.7 Å². The number of benzene rings is 2. The molecule has 0 saturated heterocycles. The van der Waals surface area contributed by atoms with Gasteiger partial charge in [0.05, 0.1) is 6.04 Å². The first-order valence-electron chi connectivity index (χ1n) is 11.1. The Bertz CT molecular complexity index is 1350. The van der Waals surface area contributed by atoms with E-state index in [1.165, 1.54) is 0 Å². The highest BCUT2D eigenvalue weighted by atomic mass is 19.4. The molecule has 3 aromatic rings. The number of fused-ring (bicyclic) bond motifs is 2. The van der Waals surface area contributed by atoms with Crippen LogP contribution in [0.5, 0.6) is 11.5 Å². The number of pyridine rings is 1. The molecule has 184 valence electrons. The Morgan fingerprint density at radius 1 is 1.11 bits per heavy atom. The van der Waals surface area contributed by atoms with E-state index in [1.807, 2.05) is 49.2 Å². The third kappa shape index (κ3) is 4.95. The molecule has 2 N–H and O–H groups in total.